The molecule has 1 heterocycles. The van der Waals surface area contributed by atoms with Gasteiger partial charge in [0, 0.05) is 23.6 Å². The average Bonchev–Trinajstić information content (AvgIpc) is 3.02. The predicted molar refractivity (Wildman–Crippen MR) is 111 cm³/mol. The molecule has 0 radical (unpaired) electrons. The summed E-state index contributed by atoms with van der Waals surface area (Å²) in [6, 6.07) is 7.11. The highest BCUT2D eigenvalue weighted by Gasteiger charge is 2.23. The fraction of sp³-hybridized carbons (Fsp3) is 0.381. The van der Waals surface area contributed by atoms with Crippen molar-refractivity contribution in [3.05, 3.63) is 39.9 Å². The number of hydrogen-bond donors (Lipinski definition) is 1. The number of rotatable bonds is 7. The van der Waals surface area contributed by atoms with Crippen LogP contribution in [0, 0.1) is 0 Å². The molecule has 7 heteroatoms. The van der Waals surface area contributed by atoms with Crippen LogP contribution in [0.2, 0.25) is 0 Å². The van der Waals surface area contributed by atoms with Crippen molar-refractivity contribution >= 4 is 27.5 Å². The summed E-state index contributed by atoms with van der Waals surface area (Å²) in [5, 5.41) is 2.93. The zero-order valence-corrected chi connectivity index (χ0v) is 18.0. The molecule has 1 aliphatic rings. The summed E-state index contributed by atoms with van der Waals surface area (Å²) in [5.74, 6) is 2.17. The van der Waals surface area contributed by atoms with Gasteiger partial charge in [-0.1, -0.05) is 0 Å². The Kier molecular flexibility index (Phi) is 6.34. The van der Waals surface area contributed by atoms with Crippen molar-refractivity contribution in [3.63, 3.8) is 0 Å². The number of nitrogens with one attached hydrogen (secondary N) is 1. The maximum atomic E-state index is 12.9. The van der Waals surface area contributed by atoms with E-state index in [1.165, 1.54) is 7.11 Å². The maximum Gasteiger partial charge on any atom is 0.255 e. The highest BCUT2D eigenvalue weighted by Crippen LogP contribution is 2.39. The first-order valence-electron chi connectivity index (χ1n) is 9.24. The van der Waals surface area contributed by atoms with Crippen LogP contribution in [0.4, 0.5) is 5.69 Å². The van der Waals surface area contributed by atoms with E-state index in [0.717, 1.165) is 17.7 Å². The van der Waals surface area contributed by atoms with E-state index in [0.29, 0.717) is 46.2 Å². The minimum Gasteiger partial charge on any atom is -0.493 e. The van der Waals surface area contributed by atoms with Gasteiger partial charge in [0.2, 0.25) is 0 Å². The fourth-order valence-electron chi connectivity index (χ4n) is 3.14. The molecule has 1 aliphatic heterocycles. The number of methoxy groups -OCH3 is 1. The van der Waals surface area contributed by atoms with Crippen molar-refractivity contribution in [3.8, 4) is 23.0 Å². The van der Waals surface area contributed by atoms with Crippen LogP contribution in [0.1, 0.15) is 36.7 Å². The standard InChI is InChI=1S/C21H24BrNO5/c1-5-26-18-9-13-7-12(3)28-17(13)11-16(18)23-21(24)14-8-15(22)20(27-6-2)19(10-14)25-4/h8-12H,5-7H2,1-4H3,(H,23,24). The molecule has 0 saturated carbocycles. The summed E-state index contributed by atoms with van der Waals surface area (Å²) in [6.45, 7) is 6.81. The topological polar surface area (TPSA) is 66.0 Å². The second-order valence-corrected chi connectivity index (χ2v) is 7.25. The van der Waals surface area contributed by atoms with Gasteiger partial charge < -0.3 is 24.3 Å². The number of hydrogen-bond acceptors (Lipinski definition) is 5. The second-order valence-electron chi connectivity index (χ2n) is 6.40. The van der Waals surface area contributed by atoms with Gasteiger partial charge in [-0.05, 0) is 54.9 Å². The molecule has 150 valence electrons. The first-order chi connectivity index (χ1) is 13.5. The van der Waals surface area contributed by atoms with Crippen LogP contribution in [0.25, 0.3) is 0 Å². The van der Waals surface area contributed by atoms with Crippen molar-refractivity contribution in [2.75, 3.05) is 25.6 Å². The molecule has 3 rings (SSSR count). The van der Waals surface area contributed by atoms with Gasteiger partial charge in [0.25, 0.3) is 5.91 Å². The van der Waals surface area contributed by atoms with E-state index in [1.807, 2.05) is 32.9 Å². The summed E-state index contributed by atoms with van der Waals surface area (Å²) in [4.78, 5) is 12.9. The Labute approximate surface area is 173 Å². The summed E-state index contributed by atoms with van der Waals surface area (Å²) >= 11 is 3.45. The third-order valence-corrected chi connectivity index (χ3v) is 4.92. The highest BCUT2D eigenvalue weighted by molar-refractivity contribution is 9.10. The Morgan fingerprint density at radius 2 is 1.93 bits per heavy atom. The van der Waals surface area contributed by atoms with Crippen LogP contribution in [-0.2, 0) is 6.42 Å². The van der Waals surface area contributed by atoms with Crippen molar-refractivity contribution < 1.29 is 23.7 Å². The summed E-state index contributed by atoms with van der Waals surface area (Å²) in [7, 11) is 1.54. The van der Waals surface area contributed by atoms with Gasteiger partial charge in [-0.25, -0.2) is 0 Å². The van der Waals surface area contributed by atoms with Crippen molar-refractivity contribution in [1.82, 2.24) is 0 Å². The predicted octanol–water partition coefficient (Wildman–Crippen LogP) is 4.83. The van der Waals surface area contributed by atoms with E-state index >= 15 is 0 Å². The molecule has 28 heavy (non-hydrogen) atoms. The molecule has 0 fully saturated rings. The lowest BCUT2D eigenvalue weighted by atomic mass is 10.1. The zero-order chi connectivity index (χ0) is 20.3. The number of amides is 1. The summed E-state index contributed by atoms with van der Waals surface area (Å²) in [6.07, 6.45) is 0.939. The molecule has 2 aromatic carbocycles. The van der Waals surface area contributed by atoms with Gasteiger partial charge in [-0.3, -0.25) is 4.79 Å². The molecule has 0 aromatic heterocycles. The van der Waals surface area contributed by atoms with Crippen molar-refractivity contribution in [1.29, 1.82) is 0 Å². The number of carbonyl (C=O) groups is 1. The average molecular weight is 450 g/mol. The number of fused-ring (bicyclic) bond motifs is 1. The SMILES string of the molecule is CCOc1cc2c(cc1NC(=O)c1cc(Br)c(OCC)c(OC)c1)OC(C)C2. The van der Waals surface area contributed by atoms with Gasteiger partial charge in [-0.15, -0.1) is 0 Å². The number of anilines is 1. The molecule has 1 unspecified atom stereocenters. The first kappa shape index (κ1) is 20.3. The Balaban J connectivity index is 1.91. The minimum absolute atomic E-state index is 0.113. The van der Waals surface area contributed by atoms with Gasteiger partial charge in [0.15, 0.2) is 11.5 Å². The van der Waals surface area contributed by atoms with E-state index in [1.54, 1.807) is 12.1 Å². The number of carbonyl (C=O) groups excluding carboxylic acids is 1. The second kappa shape index (κ2) is 8.73. The highest BCUT2D eigenvalue weighted by atomic mass is 79.9. The smallest absolute Gasteiger partial charge is 0.255 e. The summed E-state index contributed by atoms with van der Waals surface area (Å²) < 4.78 is 23.2. The molecule has 1 amide bonds. The zero-order valence-electron chi connectivity index (χ0n) is 16.4. The maximum absolute atomic E-state index is 12.9. The van der Waals surface area contributed by atoms with E-state index in [-0.39, 0.29) is 12.0 Å². The van der Waals surface area contributed by atoms with Crippen LogP contribution in [-0.4, -0.2) is 32.3 Å². The van der Waals surface area contributed by atoms with Crippen molar-refractivity contribution in [2.24, 2.45) is 0 Å². The molecule has 0 spiro atoms. The largest absolute Gasteiger partial charge is 0.493 e. The molecule has 0 saturated heterocycles. The van der Waals surface area contributed by atoms with Gasteiger partial charge >= 0.3 is 0 Å². The molecule has 1 atom stereocenters. The third-order valence-electron chi connectivity index (χ3n) is 4.33. The van der Waals surface area contributed by atoms with E-state index < -0.39 is 0 Å². The lowest BCUT2D eigenvalue weighted by molar-refractivity contribution is 0.102. The molecular weight excluding hydrogens is 426 g/mol. The molecule has 2 aromatic rings. The molecular formula is C21H24BrNO5. The number of halogens is 1. The van der Waals surface area contributed by atoms with Crippen LogP contribution < -0.4 is 24.3 Å². The molecule has 6 nitrogen and oxygen atoms in total. The Morgan fingerprint density at radius 1 is 1.18 bits per heavy atom. The molecule has 0 bridgehead atoms. The van der Waals surface area contributed by atoms with Crippen LogP contribution in [0.5, 0.6) is 23.0 Å². The first-order valence-corrected chi connectivity index (χ1v) is 10.0. The fourth-order valence-corrected chi connectivity index (χ4v) is 3.70. The normalized spacial score (nSPS) is 14.8. The van der Waals surface area contributed by atoms with Crippen molar-refractivity contribution in [2.45, 2.75) is 33.3 Å². The van der Waals surface area contributed by atoms with Gasteiger partial charge in [-0.2, -0.15) is 0 Å². The quantitative estimate of drug-likeness (QED) is 0.655. The van der Waals surface area contributed by atoms with E-state index in [2.05, 4.69) is 21.2 Å². The molecule has 1 N–H and O–H groups in total. The van der Waals surface area contributed by atoms with Gasteiger partial charge in [0.05, 0.1) is 30.5 Å². The number of benzene rings is 2. The lowest BCUT2D eigenvalue weighted by Gasteiger charge is -2.15. The van der Waals surface area contributed by atoms with Gasteiger partial charge in [0.1, 0.15) is 17.6 Å². The monoisotopic (exact) mass is 449 g/mol. The minimum atomic E-state index is -0.283. The Morgan fingerprint density at radius 3 is 2.61 bits per heavy atom. The Bertz CT molecular complexity index is 884. The van der Waals surface area contributed by atoms with Crippen LogP contribution >= 0.6 is 15.9 Å². The van der Waals surface area contributed by atoms with E-state index in [9.17, 15) is 4.79 Å². The third kappa shape index (κ3) is 4.19. The number of ether oxygens (including phenoxy) is 4. The Hall–Kier alpha value is -2.41. The lowest BCUT2D eigenvalue weighted by Crippen LogP contribution is -2.14. The summed E-state index contributed by atoms with van der Waals surface area (Å²) in [5.41, 5.74) is 2.09. The van der Waals surface area contributed by atoms with Crippen LogP contribution in [0.15, 0.2) is 28.7 Å². The van der Waals surface area contributed by atoms with E-state index in [4.69, 9.17) is 18.9 Å². The van der Waals surface area contributed by atoms with Crippen LogP contribution in [0.3, 0.4) is 0 Å². The molecule has 0 aliphatic carbocycles.